The van der Waals surface area contributed by atoms with E-state index in [1.54, 1.807) is 0 Å². The van der Waals surface area contributed by atoms with Gasteiger partial charge in [-0.1, -0.05) is 18.1 Å². The van der Waals surface area contributed by atoms with Gasteiger partial charge in [0.25, 0.3) is 0 Å². The van der Waals surface area contributed by atoms with Crippen molar-refractivity contribution in [2.24, 2.45) is 5.92 Å². The maximum Gasteiger partial charge on any atom is 0.139 e. The number of rotatable bonds is 3. The minimum atomic E-state index is 0.368. The number of allylic oxidation sites excluding steroid dienone is 2. The second-order valence-electron chi connectivity index (χ2n) is 5.43. The predicted molar refractivity (Wildman–Crippen MR) is 70.8 cm³/mol. The van der Waals surface area contributed by atoms with E-state index in [0.717, 1.165) is 23.3 Å². The Morgan fingerprint density at radius 2 is 1.88 bits per heavy atom. The Morgan fingerprint density at radius 3 is 2.44 bits per heavy atom. The molecule has 0 radical (unpaired) electrons. The largest absolute Gasteiger partial charge is 0.299 e. The zero-order chi connectivity index (χ0) is 11.5. The molecule has 2 heteroatoms. The summed E-state index contributed by atoms with van der Waals surface area (Å²) in [6.45, 7) is 4.14. The molecule has 0 aromatic heterocycles. The smallest absolute Gasteiger partial charge is 0.139 e. The van der Waals surface area contributed by atoms with Gasteiger partial charge in [0.05, 0.1) is 0 Å². The molecule has 2 saturated heterocycles. The van der Waals surface area contributed by atoms with Crippen LogP contribution in [-0.2, 0) is 4.79 Å². The lowest BCUT2D eigenvalue weighted by Crippen LogP contribution is -2.32. The van der Waals surface area contributed by atoms with Crippen LogP contribution in [0.1, 0.15) is 52.4 Å². The zero-order valence-electron chi connectivity index (χ0n) is 10.4. The summed E-state index contributed by atoms with van der Waals surface area (Å²) in [5.74, 6) is 0.852. The van der Waals surface area contributed by atoms with Gasteiger partial charge in [0.2, 0.25) is 0 Å². The van der Waals surface area contributed by atoms with Crippen molar-refractivity contribution in [1.82, 2.24) is 0 Å². The molecule has 90 valence electrons. The number of fused-ring (bicyclic) bond motifs is 2. The van der Waals surface area contributed by atoms with Gasteiger partial charge in [-0.05, 0) is 39.5 Å². The first-order valence-corrected chi connectivity index (χ1v) is 7.41. The van der Waals surface area contributed by atoms with Gasteiger partial charge in [-0.2, -0.15) is 11.8 Å². The summed E-state index contributed by atoms with van der Waals surface area (Å²) in [6.07, 6.45) is 9.11. The average molecular weight is 238 g/mol. The molecule has 2 aliphatic rings. The molecule has 2 bridgehead atoms. The molecular weight excluding hydrogens is 216 g/mol. The summed E-state index contributed by atoms with van der Waals surface area (Å²) in [7, 11) is 0. The van der Waals surface area contributed by atoms with Gasteiger partial charge in [-0.25, -0.2) is 0 Å². The van der Waals surface area contributed by atoms with Crippen LogP contribution in [0.2, 0.25) is 0 Å². The molecule has 0 N–H and O–H groups in total. The normalized spacial score (nSPS) is 33.2. The fourth-order valence-corrected chi connectivity index (χ4v) is 4.63. The Kier molecular flexibility index (Phi) is 4.12. The van der Waals surface area contributed by atoms with Crippen LogP contribution in [0.4, 0.5) is 0 Å². The number of carbonyl (C=O) groups excluding carboxylic acids is 1. The molecule has 0 aromatic carbocycles. The topological polar surface area (TPSA) is 17.1 Å². The molecule has 2 aliphatic heterocycles. The molecule has 2 rings (SSSR count). The number of thioether (sulfide) groups is 1. The van der Waals surface area contributed by atoms with Gasteiger partial charge in [0.15, 0.2) is 0 Å². The van der Waals surface area contributed by atoms with Gasteiger partial charge < -0.3 is 0 Å². The maximum atomic E-state index is 12.1. The van der Waals surface area contributed by atoms with E-state index >= 15 is 0 Å². The van der Waals surface area contributed by atoms with E-state index in [0.29, 0.717) is 18.1 Å². The third-order valence-electron chi connectivity index (χ3n) is 3.70. The summed E-state index contributed by atoms with van der Waals surface area (Å²) in [6, 6.07) is 0. The Hall–Kier alpha value is -0.240. The molecule has 0 amide bonds. The van der Waals surface area contributed by atoms with Gasteiger partial charge in [0.1, 0.15) is 5.78 Å². The van der Waals surface area contributed by atoms with Crippen LogP contribution in [0, 0.1) is 5.92 Å². The van der Waals surface area contributed by atoms with Gasteiger partial charge in [-0.3, -0.25) is 4.79 Å². The Balaban J connectivity index is 1.90. The number of Topliss-reactive ketones (excluding diaryl/α,β-unsaturated/α-hetero) is 1. The molecule has 0 saturated carbocycles. The Labute approximate surface area is 103 Å². The molecule has 1 nitrogen and oxygen atoms in total. The highest BCUT2D eigenvalue weighted by Gasteiger charge is 2.34. The van der Waals surface area contributed by atoms with E-state index in [9.17, 15) is 4.79 Å². The lowest BCUT2D eigenvalue weighted by Gasteiger charge is -2.37. The second-order valence-corrected chi connectivity index (χ2v) is 7.04. The minimum absolute atomic E-state index is 0.368. The number of hydrogen-bond donors (Lipinski definition) is 0. The quantitative estimate of drug-likeness (QED) is 0.692. The molecular formula is C14H22OS. The van der Waals surface area contributed by atoms with Crippen LogP contribution in [0.3, 0.4) is 0 Å². The molecule has 2 unspecified atom stereocenters. The first kappa shape index (κ1) is 12.2. The summed E-state index contributed by atoms with van der Waals surface area (Å²) in [4.78, 5) is 12.1. The Morgan fingerprint density at radius 1 is 1.25 bits per heavy atom. The maximum absolute atomic E-state index is 12.1. The summed E-state index contributed by atoms with van der Waals surface area (Å²) < 4.78 is 0. The van der Waals surface area contributed by atoms with Crippen LogP contribution in [0.5, 0.6) is 0 Å². The van der Waals surface area contributed by atoms with Crippen molar-refractivity contribution < 1.29 is 4.79 Å². The van der Waals surface area contributed by atoms with Crippen molar-refractivity contribution in [2.45, 2.75) is 62.9 Å². The Bertz CT molecular complexity index is 279. The van der Waals surface area contributed by atoms with Gasteiger partial charge in [-0.15, -0.1) is 0 Å². The van der Waals surface area contributed by atoms with E-state index < -0.39 is 0 Å². The van der Waals surface area contributed by atoms with E-state index in [1.807, 2.05) is 0 Å². The van der Waals surface area contributed by atoms with Gasteiger partial charge >= 0.3 is 0 Å². The fraction of sp³-hybridized carbons (Fsp3) is 0.786. The SMILES string of the molecule is CC(C)=CCC(=O)C1CC2CCCC(C1)S2. The summed E-state index contributed by atoms with van der Waals surface area (Å²) in [5, 5.41) is 1.57. The summed E-state index contributed by atoms with van der Waals surface area (Å²) in [5.41, 5.74) is 1.26. The molecule has 0 aromatic rings. The van der Waals surface area contributed by atoms with Crippen molar-refractivity contribution in [3.05, 3.63) is 11.6 Å². The number of ketones is 1. The molecule has 2 heterocycles. The lowest BCUT2D eigenvalue weighted by atomic mass is 9.85. The van der Waals surface area contributed by atoms with Crippen LogP contribution in [-0.4, -0.2) is 16.3 Å². The van der Waals surface area contributed by atoms with E-state index in [1.165, 1.54) is 24.8 Å². The highest BCUT2D eigenvalue weighted by Crippen LogP contribution is 2.44. The molecule has 0 aliphatic carbocycles. The lowest BCUT2D eigenvalue weighted by molar-refractivity contribution is -0.122. The zero-order valence-corrected chi connectivity index (χ0v) is 11.2. The molecule has 2 fully saturated rings. The first-order chi connectivity index (χ1) is 7.65. The van der Waals surface area contributed by atoms with Crippen LogP contribution in [0.15, 0.2) is 11.6 Å². The molecule has 0 spiro atoms. The monoisotopic (exact) mass is 238 g/mol. The minimum Gasteiger partial charge on any atom is -0.299 e. The van der Waals surface area contributed by atoms with Gasteiger partial charge in [0, 0.05) is 22.8 Å². The fourth-order valence-electron chi connectivity index (χ4n) is 2.79. The highest BCUT2D eigenvalue weighted by molar-refractivity contribution is 8.00. The number of carbonyl (C=O) groups is 1. The van der Waals surface area contributed by atoms with Crippen LogP contribution < -0.4 is 0 Å². The first-order valence-electron chi connectivity index (χ1n) is 6.46. The number of hydrogen-bond acceptors (Lipinski definition) is 2. The standard InChI is InChI=1S/C14H22OS/c1-10(2)6-7-14(15)11-8-12-4-3-5-13(9-11)16-12/h6,11-13H,3-5,7-9H2,1-2H3. The third-order valence-corrected chi connectivity index (χ3v) is 5.32. The van der Waals surface area contributed by atoms with Crippen molar-refractivity contribution in [1.29, 1.82) is 0 Å². The highest BCUT2D eigenvalue weighted by atomic mass is 32.2. The third kappa shape index (κ3) is 3.13. The van der Waals surface area contributed by atoms with Crippen molar-refractivity contribution in [3.8, 4) is 0 Å². The van der Waals surface area contributed by atoms with Crippen LogP contribution in [0.25, 0.3) is 0 Å². The van der Waals surface area contributed by atoms with E-state index in [-0.39, 0.29) is 0 Å². The molecule has 16 heavy (non-hydrogen) atoms. The van der Waals surface area contributed by atoms with Crippen molar-refractivity contribution >= 4 is 17.5 Å². The summed E-state index contributed by atoms with van der Waals surface area (Å²) >= 11 is 2.15. The van der Waals surface area contributed by atoms with Crippen molar-refractivity contribution in [2.75, 3.05) is 0 Å². The van der Waals surface area contributed by atoms with E-state index in [4.69, 9.17) is 0 Å². The van der Waals surface area contributed by atoms with Crippen molar-refractivity contribution in [3.63, 3.8) is 0 Å². The predicted octanol–water partition coefficient (Wildman–Crippen LogP) is 3.98. The van der Waals surface area contributed by atoms with E-state index in [2.05, 4.69) is 31.7 Å². The molecule has 2 atom stereocenters. The van der Waals surface area contributed by atoms with Crippen LogP contribution >= 0.6 is 11.8 Å². The second kappa shape index (κ2) is 5.39. The average Bonchev–Trinajstić information content (AvgIpc) is 2.25.